The van der Waals surface area contributed by atoms with E-state index in [0.29, 0.717) is 21.6 Å². The molecule has 0 aliphatic rings. The summed E-state index contributed by atoms with van der Waals surface area (Å²) in [6.45, 7) is 0.0802. The molecule has 1 aromatic carbocycles. The third kappa shape index (κ3) is 2.94. The summed E-state index contributed by atoms with van der Waals surface area (Å²) >= 11 is 11.7. The van der Waals surface area contributed by atoms with Crippen LogP contribution in [0.3, 0.4) is 0 Å². The van der Waals surface area contributed by atoms with Gasteiger partial charge in [0, 0.05) is 5.02 Å². The highest BCUT2D eigenvalue weighted by atomic mass is 35.5. The maximum atomic E-state index is 11.2. The SMILES string of the molecule is Nc1cnc(COc2ccc(Cl)cc2Cl)[nH]c1=O. The number of hydrogen-bond acceptors (Lipinski definition) is 4. The average molecular weight is 286 g/mol. The summed E-state index contributed by atoms with van der Waals surface area (Å²) < 4.78 is 5.41. The summed E-state index contributed by atoms with van der Waals surface area (Å²) in [4.78, 5) is 17.7. The molecule has 1 heterocycles. The third-order valence-corrected chi connectivity index (χ3v) is 2.67. The fraction of sp³-hybridized carbons (Fsp3) is 0.0909. The Balaban J connectivity index is 2.11. The number of hydrogen-bond donors (Lipinski definition) is 2. The first kappa shape index (κ1) is 12.7. The molecule has 18 heavy (non-hydrogen) atoms. The van der Waals surface area contributed by atoms with Crippen LogP contribution in [0.15, 0.2) is 29.2 Å². The van der Waals surface area contributed by atoms with Crippen LogP contribution in [0.2, 0.25) is 10.0 Å². The monoisotopic (exact) mass is 285 g/mol. The van der Waals surface area contributed by atoms with Crippen LogP contribution < -0.4 is 16.0 Å². The first-order valence-corrected chi connectivity index (χ1v) is 5.73. The van der Waals surface area contributed by atoms with E-state index >= 15 is 0 Å². The standard InChI is InChI=1S/C11H9Cl2N3O2/c12-6-1-2-9(7(13)3-6)18-5-10-15-4-8(14)11(17)16-10/h1-4H,5,14H2,(H,15,16,17). The molecule has 0 fully saturated rings. The molecule has 0 saturated carbocycles. The summed E-state index contributed by atoms with van der Waals surface area (Å²) in [5, 5.41) is 0.909. The molecule has 0 bridgehead atoms. The Labute approximate surface area is 113 Å². The topological polar surface area (TPSA) is 81.0 Å². The van der Waals surface area contributed by atoms with Crippen molar-refractivity contribution in [3.8, 4) is 5.75 Å². The summed E-state index contributed by atoms with van der Waals surface area (Å²) in [6, 6.07) is 4.86. The van der Waals surface area contributed by atoms with Gasteiger partial charge in [0.25, 0.3) is 5.56 Å². The summed E-state index contributed by atoms with van der Waals surface area (Å²) in [5.41, 5.74) is 5.02. The van der Waals surface area contributed by atoms with Crippen LogP contribution in [-0.4, -0.2) is 9.97 Å². The quantitative estimate of drug-likeness (QED) is 0.906. The number of rotatable bonds is 3. The van der Waals surface area contributed by atoms with Gasteiger partial charge in [0.15, 0.2) is 0 Å². The van der Waals surface area contributed by atoms with Crippen molar-refractivity contribution >= 4 is 28.9 Å². The van der Waals surface area contributed by atoms with Crippen molar-refractivity contribution in [1.82, 2.24) is 9.97 Å². The van der Waals surface area contributed by atoms with Crippen LogP contribution in [0.1, 0.15) is 5.82 Å². The zero-order valence-corrected chi connectivity index (χ0v) is 10.6. The van der Waals surface area contributed by atoms with E-state index < -0.39 is 5.56 Å². The third-order valence-electron chi connectivity index (χ3n) is 2.14. The number of benzene rings is 1. The number of nitrogens with one attached hydrogen (secondary N) is 1. The Bertz CT molecular complexity index is 628. The largest absolute Gasteiger partial charge is 0.484 e. The number of halogens is 2. The van der Waals surface area contributed by atoms with Gasteiger partial charge in [0.05, 0.1) is 11.2 Å². The van der Waals surface area contributed by atoms with Crippen molar-refractivity contribution in [3.05, 3.63) is 50.6 Å². The number of aromatic amines is 1. The van der Waals surface area contributed by atoms with Crippen molar-refractivity contribution in [2.24, 2.45) is 0 Å². The number of nitrogen functional groups attached to an aromatic ring is 1. The van der Waals surface area contributed by atoms with Crippen molar-refractivity contribution in [2.45, 2.75) is 6.61 Å². The number of nitrogens with zero attached hydrogens (tertiary/aromatic N) is 1. The molecule has 0 radical (unpaired) electrons. The van der Waals surface area contributed by atoms with Crippen molar-refractivity contribution in [1.29, 1.82) is 0 Å². The lowest BCUT2D eigenvalue weighted by Gasteiger charge is -2.07. The Morgan fingerprint density at radius 2 is 2.17 bits per heavy atom. The van der Waals surface area contributed by atoms with Crippen LogP contribution in [0.4, 0.5) is 5.69 Å². The number of aromatic nitrogens is 2. The molecule has 0 spiro atoms. The Morgan fingerprint density at radius 1 is 1.39 bits per heavy atom. The molecule has 0 aliphatic heterocycles. The summed E-state index contributed by atoms with van der Waals surface area (Å²) in [6.07, 6.45) is 1.28. The predicted octanol–water partition coefficient (Wildman–Crippen LogP) is 2.24. The lowest BCUT2D eigenvalue weighted by atomic mass is 10.3. The van der Waals surface area contributed by atoms with Gasteiger partial charge in [-0.25, -0.2) is 4.98 Å². The Kier molecular flexibility index (Phi) is 3.74. The highest BCUT2D eigenvalue weighted by Gasteiger charge is 2.04. The van der Waals surface area contributed by atoms with E-state index in [0.717, 1.165) is 0 Å². The molecule has 0 saturated heterocycles. The Morgan fingerprint density at radius 3 is 2.83 bits per heavy atom. The lowest BCUT2D eigenvalue weighted by molar-refractivity contribution is 0.295. The zero-order valence-electron chi connectivity index (χ0n) is 9.11. The molecule has 2 rings (SSSR count). The fourth-order valence-corrected chi connectivity index (χ4v) is 1.72. The molecule has 7 heteroatoms. The van der Waals surface area contributed by atoms with Crippen LogP contribution in [0, 0.1) is 0 Å². The maximum Gasteiger partial charge on any atom is 0.274 e. The molecule has 0 unspecified atom stereocenters. The molecule has 3 N–H and O–H groups in total. The van der Waals surface area contributed by atoms with Gasteiger partial charge < -0.3 is 15.5 Å². The van der Waals surface area contributed by atoms with Crippen LogP contribution in [0.25, 0.3) is 0 Å². The number of ether oxygens (including phenoxy) is 1. The highest BCUT2D eigenvalue weighted by molar-refractivity contribution is 6.35. The van der Waals surface area contributed by atoms with Gasteiger partial charge >= 0.3 is 0 Å². The van der Waals surface area contributed by atoms with E-state index in [2.05, 4.69) is 9.97 Å². The molecular formula is C11H9Cl2N3O2. The predicted molar refractivity (Wildman–Crippen MR) is 70.1 cm³/mol. The van der Waals surface area contributed by atoms with E-state index in [1.165, 1.54) is 6.20 Å². The number of H-pyrrole nitrogens is 1. The minimum atomic E-state index is -0.397. The maximum absolute atomic E-state index is 11.2. The normalized spacial score (nSPS) is 10.3. The van der Waals surface area contributed by atoms with Gasteiger partial charge in [0.2, 0.25) is 0 Å². The number of nitrogens with two attached hydrogens (primary N) is 1. The van der Waals surface area contributed by atoms with E-state index in [4.69, 9.17) is 33.7 Å². The van der Waals surface area contributed by atoms with Gasteiger partial charge in [0.1, 0.15) is 23.9 Å². The second-order valence-corrected chi connectivity index (χ2v) is 4.32. The van der Waals surface area contributed by atoms with Crippen LogP contribution in [-0.2, 0) is 6.61 Å². The molecule has 0 aliphatic carbocycles. The second-order valence-electron chi connectivity index (χ2n) is 3.48. The van der Waals surface area contributed by atoms with Crippen molar-refractivity contribution in [3.63, 3.8) is 0 Å². The van der Waals surface area contributed by atoms with Crippen LogP contribution in [0.5, 0.6) is 5.75 Å². The van der Waals surface area contributed by atoms with Gasteiger partial charge in [-0.3, -0.25) is 4.79 Å². The first-order valence-electron chi connectivity index (χ1n) is 4.98. The van der Waals surface area contributed by atoms with E-state index in [9.17, 15) is 4.79 Å². The molecule has 2 aromatic rings. The van der Waals surface area contributed by atoms with E-state index in [-0.39, 0.29) is 12.3 Å². The van der Waals surface area contributed by atoms with Gasteiger partial charge in [-0.05, 0) is 18.2 Å². The molecule has 0 atom stereocenters. The van der Waals surface area contributed by atoms with Crippen molar-refractivity contribution in [2.75, 3.05) is 5.73 Å². The van der Waals surface area contributed by atoms with Gasteiger partial charge in [-0.15, -0.1) is 0 Å². The van der Waals surface area contributed by atoms with Crippen LogP contribution >= 0.6 is 23.2 Å². The smallest absolute Gasteiger partial charge is 0.274 e. The van der Waals surface area contributed by atoms with E-state index in [1.54, 1.807) is 18.2 Å². The molecule has 94 valence electrons. The zero-order chi connectivity index (χ0) is 13.1. The number of anilines is 1. The fourth-order valence-electron chi connectivity index (χ4n) is 1.25. The molecule has 0 amide bonds. The summed E-state index contributed by atoms with van der Waals surface area (Å²) in [5.74, 6) is 0.820. The van der Waals surface area contributed by atoms with Gasteiger partial charge in [-0.2, -0.15) is 0 Å². The minimum absolute atomic E-state index is 0.0586. The van der Waals surface area contributed by atoms with Crippen molar-refractivity contribution < 1.29 is 4.74 Å². The summed E-state index contributed by atoms with van der Waals surface area (Å²) in [7, 11) is 0. The van der Waals surface area contributed by atoms with E-state index in [1.807, 2.05) is 0 Å². The second kappa shape index (κ2) is 5.29. The molecule has 5 nitrogen and oxygen atoms in total. The average Bonchev–Trinajstić information content (AvgIpc) is 2.32. The Hall–Kier alpha value is -1.72. The highest BCUT2D eigenvalue weighted by Crippen LogP contribution is 2.27. The molecule has 1 aromatic heterocycles. The molecular weight excluding hydrogens is 277 g/mol. The first-order chi connectivity index (χ1) is 8.56. The van der Waals surface area contributed by atoms with Gasteiger partial charge in [-0.1, -0.05) is 23.2 Å². The minimum Gasteiger partial charge on any atom is -0.484 e. The lowest BCUT2D eigenvalue weighted by Crippen LogP contribution is -2.16.